The third-order valence-electron chi connectivity index (χ3n) is 3.84. The van der Waals surface area contributed by atoms with Crippen LogP contribution in [0.1, 0.15) is 0 Å². The Kier molecular flexibility index (Phi) is 4.12. The van der Waals surface area contributed by atoms with E-state index in [0.717, 1.165) is 17.3 Å². The Bertz CT molecular complexity index is 1100. The van der Waals surface area contributed by atoms with E-state index in [1.807, 2.05) is 36.4 Å². The van der Waals surface area contributed by atoms with E-state index >= 15 is 0 Å². The lowest BCUT2D eigenvalue weighted by molar-refractivity contribution is 0.599. The molecule has 4 rings (SSSR count). The summed E-state index contributed by atoms with van der Waals surface area (Å²) in [4.78, 5) is 13.8. The van der Waals surface area contributed by atoms with Crippen molar-refractivity contribution < 1.29 is 8.81 Å². The van der Waals surface area contributed by atoms with Crippen molar-refractivity contribution in [1.82, 2.24) is 0 Å². The second kappa shape index (κ2) is 6.57. The molecule has 0 N–H and O–H groups in total. The standard InChI is InChI=1S/C21H13FO2S/c22-16-11-5-7-13-18(16)25-21-19(23)15-10-4-6-12-17(15)24-20(21)14-8-2-1-3-9-14/h1-13H. The number of benzene rings is 3. The molecule has 0 spiro atoms. The van der Waals surface area contributed by atoms with Gasteiger partial charge in [-0.2, -0.15) is 0 Å². The van der Waals surface area contributed by atoms with Gasteiger partial charge in [0.05, 0.1) is 5.39 Å². The molecule has 0 fully saturated rings. The van der Waals surface area contributed by atoms with Gasteiger partial charge in [0.15, 0.2) is 5.76 Å². The molecule has 0 bridgehead atoms. The van der Waals surface area contributed by atoms with Crippen LogP contribution in [0.2, 0.25) is 0 Å². The molecule has 0 saturated carbocycles. The zero-order valence-corrected chi connectivity index (χ0v) is 13.9. The molecule has 0 amide bonds. The van der Waals surface area contributed by atoms with Gasteiger partial charge in [0.1, 0.15) is 16.3 Å². The monoisotopic (exact) mass is 348 g/mol. The molecule has 0 aliphatic rings. The number of hydrogen-bond acceptors (Lipinski definition) is 3. The highest BCUT2D eigenvalue weighted by atomic mass is 32.2. The fourth-order valence-electron chi connectivity index (χ4n) is 2.63. The highest BCUT2D eigenvalue weighted by Gasteiger charge is 2.18. The van der Waals surface area contributed by atoms with Gasteiger partial charge in [0.25, 0.3) is 0 Å². The number of para-hydroxylation sites is 1. The summed E-state index contributed by atoms with van der Waals surface area (Å²) < 4.78 is 20.1. The fraction of sp³-hybridized carbons (Fsp3) is 0. The van der Waals surface area contributed by atoms with Crippen LogP contribution in [0.5, 0.6) is 0 Å². The van der Waals surface area contributed by atoms with E-state index in [0.29, 0.717) is 26.5 Å². The minimum atomic E-state index is -0.362. The van der Waals surface area contributed by atoms with Crippen molar-refractivity contribution in [3.8, 4) is 11.3 Å². The molecule has 0 aliphatic heterocycles. The molecule has 4 aromatic rings. The van der Waals surface area contributed by atoms with E-state index in [2.05, 4.69) is 0 Å². The van der Waals surface area contributed by atoms with Crippen LogP contribution in [0.15, 0.2) is 97.9 Å². The Morgan fingerprint density at radius 2 is 1.48 bits per heavy atom. The van der Waals surface area contributed by atoms with Crippen molar-refractivity contribution in [3.63, 3.8) is 0 Å². The van der Waals surface area contributed by atoms with E-state index in [9.17, 15) is 9.18 Å². The molecule has 0 atom stereocenters. The molecule has 4 heteroatoms. The summed E-state index contributed by atoms with van der Waals surface area (Å²) in [6, 6.07) is 22.9. The molecule has 25 heavy (non-hydrogen) atoms. The van der Waals surface area contributed by atoms with Crippen molar-refractivity contribution in [2.24, 2.45) is 0 Å². The topological polar surface area (TPSA) is 30.2 Å². The number of hydrogen-bond donors (Lipinski definition) is 0. The average molecular weight is 348 g/mol. The van der Waals surface area contributed by atoms with Gasteiger partial charge in [-0.3, -0.25) is 4.79 Å². The molecule has 0 aliphatic carbocycles. The van der Waals surface area contributed by atoms with Crippen molar-refractivity contribution in [2.45, 2.75) is 9.79 Å². The Balaban J connectivity index is 1.99. The van der Waals surface area contributed by atoms with E-state index in [1.165, 1.54) is 6.07 Å². The third-order valence-corrected chi connectivity index (χ3v) is 4.97. The third kappa shape index (κ3) is 2.96. The molecule has 0 saturated heterocycles. The predicted molar refractivity (Wildman–Crippen MR) is 98.4 cm³/mol. The highest BCUT2D eigenvalue weighted by molar-refractivity contribution is 7.99. The normalized spacial score (nSPS) is 10.9. The summed E-state index contributed by atoms with van der Waals surface area (Å²) in [7, 11) is 0. The summed E-state index contributed by atoms with van der Waals surface area (Å²) in [5.41, 5.74) is 1.14. The lowest BCUT2D eigenvalue weighted by atomic mass is 10.1. The Labute approximate surface area is 147 Å². The Morgan fingerprint density at radius 3 is 2.28 bits per heavy atom. The lowest BCUT2D eigenvalue weighted by Crippen LogP contribution is -2.06. The second-order valence-electron chi connectivity index (χ2n) is 5.48. The summed E-state index contributed by atoms with van der Waals surface area (Å²) in [5.74, 6) is 0.0941. The van der Waals surface area contributed by atoms with Gasteiger partial charge in [-0.25, -0.2) is 4.39 Å². The molecular weight excluding hydrogens is 335 g/mol. The minimum Gasteiger partial charge on any atom is -0.455 e. The number of halogens is 1. The summed E-state index contributed by atoms with van der Waals surface area (Å²) in [6.07, 6.45) is 0. The van der Waals surface area contributed by atoms with Gasteiger partial charge in [0.2, 0.25) is 5.43 Å². The van der Waals surface area contributed by atoms with E-state index in [1.54, 1.807) is 36.4 Å². The van der Waals surface area contributed by atoms with Crippen molar-refractivity contribution in [1.29, 1.82) is 0 Å². The molecule has 1 heterocycles. The lowest BCUT2D eigenvalue weighted by Gasteiger charge is -2.10. The second-order valence-corrected chi connectivity index (χ2v) is 6.54. The molecule has 122 valence electrons. The van der Waals surface area contributed by atoms with Crippen LogP contribution in [-0.4, -0.2) is 0 Å². The first-order valence-electron chi connectivity index (χ1n) is 7.77. The SMILES string of the molecule is O=c1c(Sc2ccccc2F)c(-c2ccccc2)oc2ccccc12. The first-order valence-corrected chi connectivity index (χ1v) is 8.59. The smallest absolute Gasteiger partial charge is 0.207 e. The van der Waals surface area contributed by atoms with Gasteiger partial charge in [-0.1, -0.05) is 66.4 Å². The van der Waals surface area contributed by atoms with Crippen LogP contribution in [0.4, 0.5) is 4.39 Å². The fourth-order valence-corrected chi connectivity index (χ4v) is 3.62. The Hall–Kier alpha value is -2.85. The quantitative estimate of drug-likeness (QED) is 0.472. The zero-order chi connectivity index (χ0) is 17.2. The van der Waals surface area contributed by atoms with Crippen LogP contribution in [0, 0.1) is 5.82 Å². The van der Waals surface area contributed by atoms with Crippen LogP contribution < -0.4 is 5.43 Å². The maximum absolute atomic E-state index is 14.1. The van der Waals surface area contributed by atoms with Crippen LogP contribution in [0.3, 0.4) is 0 Å². The van der Waals surface area contributed by atoms with Crippen molar-refractivity contribution in [3.05, 3.63) is 94.9 Å². The average Bonchev–Trinajstić information content (AvgIpc) is 2.66. The maximum atomic E-state index is 14.1. The van der Waals surface area contributed by atoms with Gasteiger partial charge in [-0.15, -0.1) is 0 Å². The summed E-state index contributed by atoms with van der Waals surface area (Å²) in [5, 5.41) is 0.487. The van der Waals surface area contributed by atoms with Gasteiger partial charge in [0, 0.05) is 10.5 Å². The maximum Gasteiger partial charge on any atom is 0.207 e. The van der Waals surface area contributed by atoms with Crippen molar-refractivity contribution in [2.75, 3.05) is 0 Å². The molecule has 1 aromatic heterocycles. The first-order chi connectivity index (χ1) is 12.2. The van der Waals surface area contributed by atoms with Crippen LogP contribution >= 0.6 is 11.8 Å². The van der Waals surface area contributed by atoms with Crippen molar-refractivity contribution >= 4 is 22.7 Å². The summed E-state index contributed by atoms with van der Waals surface area (Å²) in [6.45, 7) is 0. The van der Waals surface area contributed by atoms with Gasteiger partial charge in [-0.05, 0) is 24.3 Å². The van der Waals surface area contributed by atoms with Gasteiger partial charge < -0.3 is 4.42 Å². The minimum absolute atomic E-state index is 0.158. The van der Waals surface area contributed by atoms with E-state index < -0.39 is 0 Å². The molecular formula is C21H13FO2S. The van der Waals surface area contributed by atoms with E-state index in [-0.39, 0.29) is 11.2 Å². The predicted octanol–water partition coefficient (Wildman–Crippen LogP) is 5.75. The first kappa shape index (κ1) is 15.7. The molecule has 0 unspecified atom stereocenters. The number of fused-ring (bicyclic) bond motifs is 1. The van der Waals surface area contributed by atoms with Crippen LogP contribution in [0.25, 0.3) is 22.3 Å². The zero-order valence-electron chi connectivity index (χ0n) is 13.1. The van der Waals surface area contributed by atoms with Crippen LogP contribution in [-0.2, 0) is 0 Å². The van der Waals surface area contributed by atoms with Gasteiger partial charge >= 0.3 is 0 Å². The molecule has 0 radical (unpaired) electrons. The number of rotatable bonds is 3. The van der Waals surface area contributed by atoms with E-state index in [4.69, 9.17) is 4.42 Å². The molecule has 2 nitrogen and oxygen atoms in total. The molecule has 3 aromatic carbocycles. The largest absolute Gasteiger partial charge is 0.455 e. The summed E-state index contributed by atoms with van der Waals surface area (Å²) >= 11 is 1.10. The Morgan fingerprint density at radius 1 is 0.800 bits per heavy atom. The highest BCUT2D eigenvalue weighted by Crippen LogP contribution is 2.36.